The van der Waals surface area contributed by atoms with Crippen LogP contribution in [0.4, 0.5) is 4.79 Å². The molecule has 6 heteroatoms. The van der Waals surface area contributed by atoms with Crippen molar-refractivity contribution in [1.82, 2.24) is 15.6 Å². The predicted molar refractivity (Wildman–Crippen MR) is 79.7 cm³/mol. The van der Waals surface area contributed by atoms with E-state index in [-0.39, 0.29) is 18.0 Å². The molecule has 6 nitrogen and oxygen atoms in total. The highest BCUT2D eigenvalue weighted by molar-refractivity contribution is 5.74. The smallest absolute Gasteiger partial charge is 0.315 e. The molecule has 0 aliphatic carbocycles. The monoisotopic (exact) mass is 293 g/mol. The lowest BCUT2D eigenvalue weighted by Gasteiger charge is -2.15. The van der Waals surface area contributed by atoms with E-state index in [0.29, 0.717) is 13.0 Å². The van der Waals surface area contributed by atoms with Gasteiger partial charge in [-0.25, -0.2) is 4.79 Å². The molecule has 0 saturated heterocycles. The zero-order valence-electron chi connectivity index (χ0n) is 12.5. The van der Waals surface area contributed by atoms with Gasteiger partial charge >= 0.3 is 12.0 Å². The van der Waals surface area contributed by atoms with E-state index in [9.17, 15) is 9.59 Å². The van der Waals surface area contributed by atoms with E-state index in [1.807, 2.05) is 25.1 Å². The molecule has 0 spiro atoms. The van der Waals surface area contributed by atoms with Gasteiger partial charge in [-0.15, -0.1) is 0 Å². The van der Waals surface area contributed by atoms with Gasteiger partial charge in [0.05, 0.1) is 18.2 Å². The molecule has 2 amide bonds. The van der Waals surface area contributed by atoms with Crippen molar-refractivity contribution >= 4 is 12.0 Å². The van der Waals surface area contributed by atoms with E-state index in [0.717, 1.165) is 18.5 Å². The number of aromatic nitrogens is 1. The number of carboxylic acid groups (broad SMARTS) is 1. The molecule has 0 aromatic carbocycles. The van der Waals surface area contributed by atoms with Crippen molar-refractivity contribution in [3.63, 3.8) is 0 Å². The summed E-state index contributed by atoms with van der Waals surface area (Å²) in [5, 5.41) is 14.4. The van der Waals surface area contributed by atoms with Gasteiger partial charge in [0.2, 0.25) is 0 Å². The fraction of sp³-hybridized carbons (Fsp3) is 0.533. The number of rotatable bonds is 8. The molecule has 0 aliphatic heterocycles. The number of carbonyl (C=O) groups excluding carboxylic acids is 1. The predicted octanol–water partition coefficient (Wildman–Crippen LogP) is 2.16. The average Bonchev–Trinajstić information content (AvgIpc) is 2.46. The maximum absolute atomic E-state index is 11.7. The lowest BCUT2D eigenvalue weighted by molar-refractivity contribution is -0.141. The van der Waals surface area contributed by atoms with Gasteiger partial charge in [0.25, 0.3) is 0 Å². The Morgan fingerprint density at radius 1 is 1.29 bits per heavy atom. The second-order valence-corrected chi connectivity index (χ2v) is 5.22. The van der Waals surface area contributed by atoms with Crippen molar-refractivity contribution in [2.45, 2.75) is 45.7 Å². The fourth-order valence-corrected chi connectivity index (χ4v) is 1.87. The molecular weight excluding hydrogens is 270 g/mol. The number of urea groups is 1. The lowest BCUT2D eigenvalue weighted by atomic mass is 10.0. The number of carbonyl (C=O) groups is 2. The molecule has 0 radical (unpaired) electrons. The third-order valence-electron chi connectivity index (χ3n) is 3.23. The van der Waals surface area contributed by atoms with Gasteiger partial charge in [0.1, 0.15) is 0 Å². The zero-order chi connectivity index (χ0) is 15.7. The number of aliphatic carboxylic acids is 1. The molecule has 0 fully saturated rings. The van der Waals surface area contributed by atoms with E-state index in [1.54, 1.807) is 13.1 Å². The molecule has 0 bridgehead atoms. The highest BCUT2D eigenvalue weighted by Crippen LogP contribution is 2.09. The zero-order valence-corrected chi connectivity index (χ0v) is 12.5. The minimum atomic E-state index is -0.774. The van der Waals surface area contributed by atoms with Crippen LogP contribution >= 0.6 is 0 Å². The number of amides is 2. The second kappa shape index (κ2) is 8.94. The molecule has 3 N–H and O–H groups in total. The van der Waals surface area contributed by atoms with Crippen LogP contribution < -0.4 is 10.6 Å². The summed E-state index contributed by atoms with van der Waals surface area (Å²) in [6, 6.07) is 5.31. The molecule has 2 unspecified atom stereocenters. The number of hydrogen-bond donors (Lipinski definition) is 3. The Hall–Kier alpha value is -2.11. The summed E-state index contributed by atoms with van der Waals surface area (Å²) < 4.78 is 0. The Labute approximate surface area is 125 Å². The van der Waals surface area contributed by atoms with Crippen molar-refractivity contribution < 1.29 is 14.7 Å². The quantitative estimate of drug-likeness (QED) is 0.685. The van der Waals surface area contributed by atoms with Gasteiger partial charge in [-0.2, -0.15) is 0 Å². The Morgan fingerprint density at radius 3 is 2.67 bits per heavy atom. The topological polar surface area (TPSA) is 91.3 Å². The van der Waals surface area contributed by atoms with Crippen molar-refractivity contribution in [1.29, 1.82) is 0 Å². The van der Waals surface area contributed by atoms with Gasteiger partial charge in [0.15, 0.2) is 0 Å². The Balaban J connectivity index is 2.17. The van der Waals surface area contributed by atoms with Crippen LogP contribution in [0.15, 0.2) is 24.4 Å². The van der Waals surface area contributed by atoms with E-state index in [2.05, 4.69) is 15.6 Å². The van der Waals surface area contributed by atoms with Gasteiger partial charge < -0.3 is 15.7 Å². The maximum Gasteiger partial charge on any atom is 0.315 e. The molecule has 116 valence electrons. The van der Waals surface area contributed by atoms with Crippen molar-refractivity contribution in [2.24, 2.45) is 5.92 Å². The Kier molecular flexibility index (Phi) is 7.21. The summed E-state index contributed by atoms with van der Waals surface area (Å²) in [4.78, 5) is 26.5. The Bertz CT molecular complexity index is 451. The molecule has 1 heterocycles. The van der Waals surface area contributed by atoms with Gasteiger partial charge in [-0.1, -0.05) is 19.4 Å². The lowest BCUT2D eigenvalue weighted by Crippen LogP contribution is -2.40. The second-order valence-electron chi connectivity index (χ2n) is 5.22. The molecule has 1 aromatic heterocycles. The summed E-state index contributed by atoms with van der Waals surface area (Å²) in [7, 11) is 0. The fourth-order valence-electron chi connectivity index (χ4n) is 1.87. The van der Waals surface area contributed by atoms with Gasteiger partial charge in [0, 0.05) is 12.2 Å². The van der Waals surface area contributed by atoms with Crippen LogP contribution in [0.25, 0.3) is 0 Å². The number of nitrogens with zero attached hydrogens (tertiary/aromatic N) is 1. The summed E-state index contributed by atoms with van der Waals surface area (Å²) in [5.74, 6) is -1.11. The van der Waals surface area contributed by atoms with Crippen LogP contribution in [-0.4, -0.2) is 28.1 Å². The third-order valence-corrected chi connectivity index (χ3v) is 3.23. The number of nitrogens with one attached hydrogen (secondary N) is 2. The van der Waals surface area contributed by atoms with E-state index < -0.39 is 5.97 Å². The SMILES string of the molecule is CC(CCCC(C)C(=O)O)NC(=O)NCc1ccccn1. The maximum atomic E-state index is 11.7. The minimum absolute atomic E-state index is 0.00901. The molecule has 2 atom stereocenters. The first-order chi connectivity index (χ1) is 9.99. The van der Waals surface area contributed by atoms with Crippen LogP contribution in [0.2, 0.25) is 0 Å². The first-order valence-electron chi connectivity index (χ1n) is 7.16. The third kappa shape index (κ3) is 7.29. The summed E-state index contributed by atoms with van der Waals surface area (Å²) in [5.41, 5.74) is 0.801. The minimum Gasteiger partial charge on any atom is -0.481 e. The highest BCUT2D eigenvalue weighted by Gasteiger charge is 2.12. The first kappa shape index (κ1) is 16.9. The van der Waals surface area contributed by atoms with Crippen LogP contribution in [0.5, 0.6) is 0 Å². The van der Waals surface area contributed by atoms with E-state index in [1.165, 1.54) is 0 Å². The molecule has 1 rings (SSSR count). The number of hydrogen-bond acceptors (Lipinski definition) is 3. The average molecular weight is 293 g/mol. The molecule has 0 saturated carbocycles. The largest absolute Gasteiger partial charge is 0.481 e. The van der Waals surface area contributed by atoms with Gasteiger partial charge in [-0.05, 0) is 31.9 Å². The molecule has 21 heavy (non-hydrogen) atoms. The standard InChI is InChI=1S/C15H23N3O3/c1-11(14(19)20)6-5-7-12(2)18-15(21)17-10-13-8-3-4-9-16-13/h3-4,8-9,11-12H,5-7,10H2,1-2H3,(H,19,20)(H2,17,18,21). The number of carboxylic acids is 1. The summed E-state index contributed by atoms with van der Waals surface area (Å²) >= 11 is 0. The summed E-state index contributed by atoms with van der Waals surface area (Å²) in [6.45, 7) is 3.99. The highest BCUT2D eigenvalue weighted by atomic mass is 16.4. The normalized spacial score (nSPS) is 13.2. The van der Waals surface area contributed by atoms with Crippen molar-refractivity contribution in [3.05, 3.63) is 30.1 Å². The van der Waals surface area contributed by atoms with Crippen LogP contribution in [-0.2, 0) is 11.3 Å². The van der Waals surface area contributed by atoms with Crippen molar-refractivity contribution in [2.75, 3.05) is 0 Å². The van der Waals surface area contributed by atoms with Crippen molar-refractivity contribution in [3.8, 4) is 0 Å². The van der Waals surface area contributed by atoms with Gasteiger partial charge in [-0.3, -0.25) is 9.78 Å². The Morgan fingerprint density at radius 2 is 2.05 bits per heavy atom. The molecule has 1 aromatic rings. The van der Waals surface area contributed by atoms with E-state index in [4.69, 9.17) is 5.11 Å². The molecule has 0 aliphatic rings. The van der Waals surface area contributed by atoms with Crippen LogP contribution in [0, 0.1) is 5.92 Å². The van der Waals surface area contributed by atoms with Crippen LogP contribution in [0.1, 0.15) is 38.8 Å². The molecular formula is C15H23N3O3. The first-order valence-corrected chi connectivity index (χ1v) is 7.16. The number of pyridine rings is 1. The van der Waals surface area contributed by atoms with Crippen LogP contribution in [0.3, 0.4) is 0 Å². The van der Waals surface area contributed by atoms with E-state index >= 15 is 0 Å². The summed E-state index contributed by atoms with van der Waals surface area (Å²) in [6.07, 6.45) is 3.84.